The molecule has 0 unspecified atom stereocenters. The van der Waals surface area contributed by atoms with Crippen LogP contribution < -0.4 is 10.1 Å². The van der Waals surface area contributed by atoms with E-state index in [4.69, 9.17) is 4.74 Å². The first-order chi connectivity index (χ1) is 12.5. The Hall–Kier alpha value is -2.80. The highest BCUT2D eigenvalue weighted by molar-refractivity contribution is 7.98. The van der Waals surface area contributed by atoms with E-state index < -0.39 is 0 Å². The summed E-state index contributed by atoms with van der Waals surface area (Å²) < 4.78 is 7.03. The van der Waals surface area contributed by atoms with Crippen molar-refractivity contribution in [2.75, 3.05) is 18.7 Å². The number of amides is 1. The van der Waals surface area contributed by atoms with Gasteiger partial charge in [0, 0.05) is 10.6 Å². The zero-order chi connectivity index (χ0) is 18.7. The van der Waals surface area contributed by atoms with Gasteiger partial charge in [-0.25, -0.2) is 4.68 Å². The monoisotopic (exact) mass is 368 g/mol. The summed E-state index contributed by atoms with van der Waals surface area (Å²) >= 11 is 1.62. The lowest BCUT2D eigenvalue weighted by molar-refractivity contribution is 0.102. The fourth-order valence-electron chi connectivity index (χ4n) is 2.62. The molecule has 3 rings (SSSR count). The standard InChI is InChI=1S/C19H20N4O2S/c1-12-8-9-17(25-3)16(10-12)23-13(2)18(21-22-23)19(24)20-14-6-5-7-15(11-14)26-4/h5-11H,1-4H3,(H,20,24). The van der Waals surface area contributed by atoms with Gasteiger partial charge in [-0.3, -0.25) is 4.79 Å². The molecule has 0 saturated carbocycles. The van der Waals surface area contributed by atoms with Crippen LogP contribution in [0.15, 0.2) is 47.4 Å². The lowest BCUT2D eigenvalue weighted by Gasteiger charge is -2.10. The molecule has 1 aromatic heterocycles. The Bertz CT molecular complexity index is 952. The van der Waals surface area contributed by atoms with E-state index in [0.717, 1.165) is 21.8 Å². The number of hydrogen-bond acceptors (Lipinski definition) is 5. The maximum absolute atomic E-state index is 12.6. The first kappa shape index (κ1) is 18.0. The molecule has 134 valence electrons. The number of aryl methyl sites for hydroxylation is 1. The number of carbonyl (C=O) groups excluding carboxylic acids is 1. The van der Waals surface area contributed by atoms with Gasteiger partial charge in [-0.2, -0.15) is 0 Å². The molecule has 1 amide bonds. The van der Waals surface area contributed by atoms with Gasteiger partial charge in [0.05, 0.1) is 12.8 Å². The van der Waals surface area contributed by atoms with E-state index >= 15 is 0 Å². The number of benzene rings is 2. The molecule has 0 aliphatic carbocycles. The third-order valence-corrected chi connectivity index (χ3v) is 4.73. The summed E-state index contributed by atoms with van der Waals surface area (Å²) in [5.74, 6) is 0.377. The van der Waals surface area contributed by atoms with Crippen molar-refractivity contribution in [2.24, 2.45) is 0 Å². The number of ether oxygens (including phenoxy) is 1. The van der Waals surface area contributed by atoms with Crippen molar-refractivity contribution < 1.29 is 9.53 Å². The Balaban J connectivity index is 1.91. The number of nitrogens with zero attached hydrogens (tertiary/aromatic N) is 3. The van der Waals surface area contributed by atoms with Crippen molar-refractivity contribution in [3.63, 3.8) is 0 Å². The normalized spacial score (nSPS) is 10.6. The first-order valence-electron chi connectivity index (χ1n) is 8.06. The Morgan fingerprint density at radius 1 is 1.19 bits per heavy atom. The topological polar surface area (TPSA) is 69.0 Å². The average Bonchev–Trinajstić information content (AvgIpc) is 3.03. The average molecular weight is 368 g/mol. The third-order valence-electron chi connectivity index (χ3n) is 4.00. The molecule has 0 aliphatic heterocycles. The van der Waals surface area contributed by atoms with Crippen LogP contribution in [0.4, 0.5) is 5.69 Å². The maximum Gasteiger partial charge on any atom is 0.278 e. The highest BCUT2D eigenvalue weighted by Crippen LogP contribution is 2.25. The SMILES string of the molecule is COc1ccc(C)cc1-n1nnc(C(=O)Nc2cccc(SC)c2)c1C. The summed E-state index contributed by atoms with van der Waals surface area (Å²) in [7, 11) is 1.60. The predicted octanol–water partition coefficient (Wildman–Crippen LogP) is 3.87. The van der Waals surface area contributed by atoms with Crippen LogP contribution in [-0.4, -0.2) is 34.3 Å². The van der Waals surface area contributed by atoms with Crippen LogP contribution in [0.25, 0.3) is 5.69 Å². The minimum Gasteiger partial charge on any atom is -0.494 e. The van der Waals surface area contributed by atoms with Crippen molar-refractivity contribution in [1.82, 2.24) is 15.0 Å². The summed E-state index contributed by atoms with van der Waals surface area (Å²) in [4.78, 5) is 13.7. The van der Waals surface area contributed by atoms with Gasteiger partial charge in [0.15, 0.2) is 5.69 Å². The lowest BCUT2D eigenvalue weighted by Crippen LogP contribution is -2.14. The zero-order valence-electron chi connectivity index (χ0n) is 15.1. The zero-order valence-corrected chi connectivity index (χ0v) is 15.9. The van der Waals surface area contributed by atoms with Gasteiger partial charge in [-0.15, -0.1) is 16.9 Å². The second kappa shape index (κ2) is 7.61. The molecule has 0 fully saturated rings. The van der Waals surface area contributed by atoms with E-state index in [1.165, 1.54) is 0 Å². The van der Waals surface area contributed by atoms with Crippen molar-refractivity contribution >= 4 is 23.4 Å². The van der Waals surface area contributed by atoms with Crippen LogP contribution in [0, 0.1) is 13.8 Å². The fraction of sp³-hybridized carbons (Fsp3) is 0.211. The summed E-state index contributed by atoms with van der Waals surface area (Å²) in [5.41, 5.74) is 3.47. The van der Waals surface area contributed by atoms with Gasteiger partial charge in [0.2, 0.25) is 0 Å². The summed E-state index contributed by atoms with van der Waals surface area (Å²) in [6.45, 7) is 3.80. The number of methoxy groups -OCH3 is 1. The lowest BCUT2D eigenvalue weighted by atomic mass is 10.2. The molecule has 0 bridgehead atoms. The van der Waals surface area contributed by atoms with Crippen molar-refractivity contribution in [3.05, 3.63) is 59.4 Å². The Morgan fingerprint density at radius 3 is 2.73 bits per heavy atom. The molecule has 7 heteroatoms. The van der Waals surface area contributed by atoms with E-state index in [2.05, 4.69) is 15.6 Å². The van der Waals surface area contributed by atoms with Gasteiger partial charge in [0.1, 0.15) is 11.4 Å². The van der Waals surface area contributed by atoms with Gasteiger partial charge in [-0.05, 0) is 56.0 Å². The van der Waals surface area contributed by atoms with E-state index in [-0.39, 0.29) is 11.6 Å². The number of carbonyl (C=O) groups is 1. The quantitative estimate of drug-likeness (QED) is 0.693. The largest absolute Gasteiger partial charge is 0.494 e. The smallest absolute Gasteiger partial charge is 0.278 e. The number of anilines is 1. The predicted molar refractivity (Wildman–Crippen MR) is 104 cm³/mol. The van der Waals surface area contributed by atoms with Gasteiger partial charge >= 0.3 is 0 Å². The van der Waals surface area contributed by atoms with Crippen LogP contribution in [0.2, 0.25) is 0 Å². The van der Waals surface area contributed by atoms with Crippen LogP contribution in [0.3, 0.4) is 0 Å². The number of aromatic nitrogens is 3. The minimum atomic E-state index is -0.293. The van der Waals surface area contributed by atoms with Crippen molar-refractivity contribution in [3.8, 4) is 11.4 Å². The second-order valence-electron chi connectivity index (χ2n) is 5.80. The molecule has 1 heterocycles. The fourth-order valence-corrected chi connectivity index (χ4v) is 3.08. The first-order valence-corrected chi connectivity index (χ1v) is 9.28. The van der Waals surface area contributed by atoms with Crippen molar-refractivity contribution in [1.29, 1.82) is 0 Å². The molecule has 3 aromatic rings. The molecule has 26 heavy (non-hydrogen) atoms. The highest BCUT2D eigenvalue weighted by Gasteiger charge is 2.19. The number of hydrogen-bond donors (Lipinski definition) is 1. The van der Waals surface area contributed by atoms with Crippen LogP contribution >= 0.6 is 11.8 Å². The molecular formula is C19H20N4O2S. The van der Waals surface area contributed by atoms with Crippen molar-refractivity contribution in [2.45, 2.75) is 18.7 Å². The summed E-state index contributed by atoms with van der Waals surface area (Å²) in [6, 6.07) is 13.5. The highest BCUT2D eigenvalue weighted by atomic mass is 32.2. The Labute approximate surface area is 156 Å². The molecule has 0 radical (unpaired) electrons. The van der Waals surface area contributed by atoms with Crippen LogP contribution in [-0.2, 0) is 0 Å². The molecule has 6 nitrogen and oxygen atoms in total. The Kier molecular flexibility index (Phi) is 5.27. The van der Waals surface area contributed by atoms with E-state index in [0.29, 0.717) is 11.4 Å². The van der Waals surface area contributed by atoms with Gasteiger partial charge < -0.3 is 10.1 Å². The summed E-state index contributed by atoms with van der Waals surface area (Å²) in [5, 5.41) is 11.1. The molecule has 1 N–H and O–H groups in total. The molecule has 0 aliphatic rings. The van der Waals surface area contributed by atoms with E-state index in [9.17, 15) is 4.79 Å². The molecule has 2 aromatic carbocycles. The minimum absolute atomic E-state index is 0.281. The van der Waals surface area contributed by atoms with E-state index in [1.807, 2.05) is 62.6 Å². The van der Waals surface area contributed by atoms with Crippen LogP contribution in [0.1, 0.15) is 21.7 Å². The molecule has 0 saturated heterocycles. The molecule has 0 atom stereocenters. The third kappa shape index (κ3) is 3.57. The molecule has 0 spiro atoms. The second-order valence-corrected chi connectivity index (χ2v) is 6.68. The van der Waals surface area contributed by atoms with Crippen LogP contribution in [0.5, 0.6) is 5.75 Å². The van der Waals surface area contributed by atoms with E-state index in [1.54, 1.807) is 23.6 Å². The maximum atomic E-state index is 12.6. The Morgan fingerprint density at radius 2 is 2.00 bits per heavy atom. The van der Waals surface area contributed by atoms with Gasteiger partial charge in [0.25, 0.3) is 5.91 Å². The summed E-state index contributed by atoms with van der Waals surface area (Å²) in [6.07, 6.45) is 1.99. The number of nitrogens with one attached hydrogen (secondary N) is 1. The number of rotatable bonds is 5. The number of thioether (sulfide) groups is 1. The molecular weight excluding hydrogens is 348 g/mol. The van der Waals surface area contributed by atoms with Gasteiger partial charge in [-0.1, -0.05) is 17.3 Å².